The van der Waals surface area contributed by atoms with Gasteiger partial charge in [0.15, 0.2) is 0 Å². The first-order valence-electron chi connectivity index (χ1n) is 9.44. The number of halogens is 2. The molecule has 2 aliphatic rings. The van der Waals surface area contributed by atoms with Crippen molar-refractivity contribution in [1.82, 2.24) is 5.32 Å². The highest BCUT2D eigenvalue weighted by molar-refractivity contribution is 6.31. The van der Waals surface area contributed by atoms with Crippen molar-refractivity contribution >= 4 is 29.1 Å². The number of carbonyl (C=O) groups excluding carboxylic acids is 1. The third kappa shape index (κ3) is 3.01. The summed E-state index contributed by atoms with van der Waals surface area (Å²) < 4.78 is 5.31. The van der Waals surface area contributed by atoms with E-state index in [4.69, 9.17) is 27.9 Å². The molecule has 0 spiro atoms. The van der Waals surface area contributed by atoms with Gasteiger partial charge in [-0.3, -0.25) is 4.79 Å². The second-order valence-electron chi connectivity index (χ2n) is 7.92. The van der Waals surface area contributed by atoms with Crippen LogP contribution in [0.3, 0.4) is 0 Å². The molecule has 2 aromatic rings. The first-order chi connectivity index (χ1) is 13.3. The standard InChI is InChI=1S/C23H23Cl2NO2/c1-13-21-20(14-4-6-15(24)7-5-14)18(10-11-23(21,2)22(27)26-13)17-9-8-16(28-3)12-19(17)25/h4-13,18,20-21H,1-3H3,(H,26,27)/t13-,18+,20+,21+,23-/m0/s1. The summed E-state index contributed by atoms with van der Waals surface area (Å²) in [6, 6.07) is 13.8. The minimum atomic E-state index is -0.542. The molecule has 0 saturated carbocycles. The van der Waals surface area contributed by atoms with Crippen molar-refractivity contribution in [3.8, 4) is 5.75 Å². The van der Waals surface area contributed by atoms with E-state index in [9.17, 15) is 4.79 Å². The Kier molecular flexibility index (Phi) is 4.93. The molecule has 146 valence electrons. The molecule has 28 heavy (non-hydrogen) atoms. The molecule has 0 unspecified atom stereocenters. The quantitative estimate of drug-likeness (QED) is 0.664. The highest BCUT2D eigenvalue weighted by atomic mass is 35.5. The summed E-state index contributed by atoms with van der Waals surface area (Å²) >= 11 is 12.8. The van der Waals surface area contributed by atoms with Crippen LogP contribution in [0.1, 0.15) is 36.8 Å². The molecule has 2 aromatic carbocycles. The summed E-state index contributed by atoms with van der Waals surface area (Å²) in [7, 11) is 1.63. The molecule has 1 N–H and O–H groups in total. The van der Waals surface area contributed by atoms with Crippen LogP contribution < -0.4 is 10.1 Å². The number of amides is 1. The molecular formula is C23H23Cl2NO2. The van der Waals surface area contributed by atoms with Crippen LogP contribution >= 0.6 is 23.2 Å². The van der Waals surface area contributed by atoms with Gasteiger partial charge in [-0.05, 0) is 49.2 Å². The van der Waals surface area contributed by atoms with Crippen molar-refractivity contribution < 1.29 is 9.53 Å². The predicted octanol–water partition coefficient (Wildman–Crippen LogP) is 5.58. The van der Waals surface area contributed by atoms with Crippen molar-refractivity contribution in [3.05, 3.63) is 75.8 Å². The van der Waals surface area contributed by atoms with E-state index in [2.05, 4.69) is 36.5 Å². The van der Waals surface area contributed by atoms with Gasteiger partial charge in [0, 0.05) is 33.8 Å². The Morgan fingerprint density at radius 2 is 1.82 bits per heavy atom. The van der Waals surface area contributed by atoms with Gasteiger partial charge in [0.1, 0.15) is 5.75 Å². The second-order valence-corrected chi connectivity index (χ2v) is 8.76. The molecule has 1 heterocycles. The second kappa shape index (κ2) is 7.13. The van der Waals surface area contributed by atoms with Gasteiger partial charge < -0.3 is 10.1 Å². The predicted molar refractivity (Wildman–Crippen MR) is 113 cm³/mol. The number of fused-ring (bicyclic) bond motifs is 1. The lowest BCUT2D eigenvalue weighted by Crippen LogP contribution is -2.39. The van der Waals surface area contributed by atoms with E-state index >= 15 is 0 Å². The van der Waals surface area contributed by atoms with Crippen LogP contribution in [0.4, 0.5) is 0 Å². The maximum absolute atomic E-state index is 12.7. The number of carbonyl (C=O) groups is 1. The van der Waals surface area contributed by atoms with Crippen LogP contribution in [0.25, 0.3) is 0 Å². The summed E-state index contributed by atoms with van der Waals surface area (Å²) in [6.07, 6.45) is 4.20. The Labute approximate surface area is 175 Å². The van der Waals surface area contributed by atoms with Crippen molar-refractivity contribution in [2.24, 2.45) is 11.3 Å². The smallest absolute Gasteiger partial charge is 0.230 e. The zero-order chi connectivity index (χ0) is 20.1. The first-order valence-corrected chi connectivity index (χ1v) is 10.2. The number of hydrogen-bond donors (Lipinski definition) is 1. The minimum Gasteiger partial charge on any atom is -0.497 e. The molecule has 0 radical (unpaired) electrons. The summed E-state index contributed by atoms with van der Waals surface area (Å²) in [5, 5.41) is 4.51. The number of ether oxygens (including phenoxy) is 1. The normalized spacial score (nSPS) is 31.4. The van der Waals surface area contributed by atoms with Gasteiger partial charge in [-0.1, -0.05) is 53.6 Å². The first kappa shape index (κ1) is 19.4. The summed E-state index contributed by atoms with van der Waals surface area (Å²) in [5.74, 6) is 1.06. The molecule has 1 fully saturated rings. The molecule has 1 amide bonds. The van der Waals surface area contributed by atoms with Crippen molar-refractivity contribution in [2.45, 2.75) is 31.7 Å². The molecule has 0 bridgehead atoms. The fraction of sp³-hybridized carbons (Fsp3) is 0.348. The van der Waals surface area contributed by atoms with Crippen LogP contribution in [0.2, 0.25) is 10.0 Å². The number of allylic oxidation sites excluding steroid dienone is 1. The lowest BCUT2D eigenvalue weighted by atomic mass is 9.59. The Bertz CT molecular complexity index is 940. The van der Waals surface area contributed by atoms with Crippen LogP contribution in [0, 0.1) is 11.3 Å². The van der Waals surface area contributed by atoms with Gasteiger partial charge in [-0.25, -0.2) is 0 Å². The molecule has 3 nitrogen and oxygen atoms in total. The molecule has 5 atom stereocenters. The van der Waals surface area contributed by atoms with E-state index in [1.165, 1.54) is 0 Å². The zero-order valence-electron chi connectivity index (χ0n) is 16.1. The fourth-order valence-corrected chi connectivity index (χ4v) is 5.36. The van der Waals surface area contributed by atoms with E-state index in [1.54, 1.807) is 7.11 Å². The van der Waals surface area contributed by atoms with Gasteiger partial charge in [0.05, 0.1) is 12.5 Å². The summed E-state index contributed by atoms with van der Waals surface area (Å²) in [5.41, 5.74) is 1.65. The third-order valence-electron chi connectivity index (χ3n) is 6.32. The molecule has 0 aromatic heterocycles. The topological polar surface area (TPSA) is 38.3 Å². The van der Waals surface area contributed by atoms with Gasteiger partial charge in [-0.15, -0.1) is 0 Å². The number of methoxy groups -OCH3 is 1. The third-order valence-corrected chi connectivity index (χ3v) is 6.90. The van der Waals surface area contributed by atoms with E-state index in [1.807, 2.05) is 37.3 Å². The Hall–Kier alpha value is -1.97. The fourth-order valence-electron chi connectivity index (χ4n) is 4.94. The summed E-state index contributed by atoms with van der Waals surface area (Å²) in [6.45, 7) is 4.12. The highest BCUT2D eigenvalue weighted by Gasteiger charge is 2.55. The molecule has 1 aliphatic carbocycles. The van der Waals surface area contributed by atoms with Crippen LogP contribution in [0.5, 0.6) is 5.75 Å². The molecule has 1 aliphatic heterocycles. The van der Waals surface area contributed by atoms with Crippen molar-refractivity contribution in [2.75, 3.05) is 7.11 Å². The highest BCUT2D eigenvalue weighted by Crippen LogP contribution is 2.56. The van der Waals surface area contributed by atoms with Crippen molar-refractivity contribution in [3.63, 3.8) is 0 Å². The minimum absolute atomic E-state index is 0.0489. The Balaban J connectivity index is 1.88. The summed E-state index contributed by atoms with van der Waals surface area (Å²) in [4.78, 5) is 12.7. The van der Waals surface area contributed by atoms with Crippen LogP contribution in [0.15, 0.2) is 54.6 Å². The largest absolute Gasteiger partial charge is 0.497 e. The number of benzene rings is 2. The molecule has 1 saturated heterocycles. The van der Waals surface area contributed by atoms with E-state index in [0.717, 1.165) is 16.9 Å². The maximum Gasteiger partial charge on any atom is 0.230 e. The number of rotatable bonds is 3. The van der Waals surface area contributed by atoms with E-state index in [0.29, 0.717) is 10.0 Å². The van der Waals surface area contributed by atoms with Gasteiger partial charge >= 0.3 is 0 Å². The number of nitrogens with one attached hydrogen (secondary N) is 1. The lowest BCUT2D eigenvalue weighted by Gasteiger charge is -2.42. The lowest BCUT2D eigenvalue weighted by molar-refractivity contribution is -0.126. The van der Waals surface area contributed by atoms with Gasteiger partial charge in [-0.2, -0.15) is 0 Å². The monoisotopic (exact) mass is 415 g/mol. The van der Waals surface area contributed by atoms with E-state index < -0.39 is 5.41 Å². The van der Waals surface area contributed by atoms with Crippen molar-refractivity contribution in [1.29, 1.82) is 0 Å². The Morgan fingerprint density at radius 1 is 1.11 bits per heavy atom. The average molecular weight is 416 g/mol. The molecule has 4 rings (SSSR count). The molecule has 5 heteroatoms. The van der Waals surface area contributed by atoms with Gasteiger partial charge in [0.25, 0.3) is 0 Å². The zero-order valence-corrected chi connectivity index (χ0v) is 17.6. The van der Waals surface area contributed by atoms with Crippen LogP contribution in [-0.4, -0.2) is 19.1 Å². The van der Waals surface area contributed by atoms with E-state index in [-0.39, 0.29) is 29.7 Å². The Morgan fingerprint density at radius 3 is 2.46 bits per heavy atom. The van der Waals surface area contributed by atoms with Gasteiger partial charge in [0.2, 0.25) is 5.91 Å². The SMILES string of the molecule is COc1ccc([C@H]2C=C[C@]3(C)C(=O)N[C@@H](C)[C@@H]3[C@@H]2c2ccc(Cl)cc2)c(Cl)c1. The average Bonchev–Trinajstić information content (AvgIpc) is 2.91. The van der Waals surface area contributed by atoms with Crippen LogP contribution in [-0.2, 0) is 4.79 Å². The molecular weight excluding hydrogens is 393 g/mol. The number of hydrogen-bond acceptors (Lipinski definition) is 2. The maximum atomic E-state index is 12.7.